The highest BCUT2D eigenvalue weighted by atomic mass is 19.3. The van der Waals surface area contributed by atoms with E-state index in [1.54, 1.807) is 0 Å². The summed E-state index contributed by atoms with van der Waals surface area (Å²) in [7, 11) is 0. The number of likely N-dealkylation sites (tertiary alicyclic amines) is 1. The van der Waals surface area contributed by atoms with E-state index in [1.165, 1.54) is 0 Å². The van der Waals surface area contributed by atoms with Crippen molar-refractivity contribution in [2.45, 2.75) is 18.3 Å². The lowest BCUT2D eigenvalue weighted by molar-refractivity contribution is -0.119. The van der Waals surface area contributed by atoms with E-state index >= 15 is 0 Å². The molecule has 2 aromatic carbocycles. The smallest absolute Gasteiger partial charge is 0.409 e. The molecule has 1 saturated heterocycles. The number of carbonyl (C=O) groups excluding carboxylic acids is 1. The maximum atomic E-state index is 14.0. The van der Waals surface area contributed by atoms with Crippen molar-refractivity contribution in [3.05, 3.63) is 59.7 Å². The Balaban J connectivity index is 1.47. The van der Waals surface area contributed by atoms with Crippen LogP contribution >= 0.6 is 0 Å². The number of halogens is 2. The second-order valence-corrected chi connectivity index (χ2v) is 7.15. The van der Waals surface area contributed by atoms with Gasteiger partial charge in [-0.05, 0) is 28.7 Å². The number of benzene rings is 2. The molecule has 0 aromatic heterocycles. The molecule has 0 bridgehead atoms. The second-order valence-electron chi connectivity index (χ2n) is 7.15. The molecule has 1 amide bonds. The Morgan fingerprint density at radius 2 is 1.70 bits per heavy atom. The quantitative estimate of drug-likeness (QED) is 0.888. The number of hydrogen-bond acceptors (Lipinski definition) is 3. The first-order valence-electron chi connectivity index (χ1n) is 9.10. The van der Waals surface area contributed by atoms with Gasteiger partial charge in [0.1, 0.15) is 6.61 Å². The summed E-state index contributed by atoms with van der Waals surface area (Å²) in [6.45, 7) is -1.02. The standard InChI is InChI=1S/C21H21F2NO3/c22-21(23)13-24(10-9-14(21)11-25)20(26)27-12-19-17-7-3-1-5-15(17)16-6-2-4-8-18(16)19/h1-8,14,19,25H,9-13H2. The first kappa shape index (κ1) is 17.9. The van der Waals surface area contributed by atoms with E-state index in [1.807, 2.05) is 48.5 Å². The minimum atomic E-state index is -3.10. The van der Waals surface area contributed by atoms with Crippen LogP contribution in [0.15, 0.2) is 48.5 Å². The van der Waals surface area contributed by atoms with Gasteiger partial charge in [-0.25, -0.2) is 13.6 Å². The topological polar surface area (TPSA) is 49.8 Å². The number of hydrogen-bond donors (Lipinski definition) is 1. The number of piperidine rings is 1. The van der Waals surface area contributed by atoms with Crippen LogP contribution in [0.3, 0.4) is 0 Å². The molecule has 1 aliphatic carbocycles. The van der Waals surface area contributed by atoms with Gasteiger partial charge in [0.15, 0.2) is 0 Å². The van der Waals surface area contributed by atoms with Gasteiger partial charge in [0.25, 0.3) is 5.92 Å². The number of alkyl halides is 2. The third-order valence-corrected chi connectivity index (χ3v) is 5.56. The molecule has 4 nitrogen and oxygen atoms in total. The normalized spacial score (nSPS) is 20.9. The number of aliphatic hydroxyl groups excluding tert-OH is 1. The Hall–Kier alpha value is -2.47. The van der Waals surface area contributed by atoms with Crippen molar-refractivity contribution in [3.8, 4) is 11.1 Å². The van der Waals surface area contributed by atoms with Gasteiger partial charge in [-0.15, -0.1) is 0 Å². The Morgan fingerprint density at radius 1 is 1.11 bits per heavy atom. The highest BCUT2D eigenvalue weighted by molar-refractivity contribution is 5.79. The highest BCUT2D eigenvalue weighted by Gasteiger charge is 2.46. The van der Waals surface area contributed by atoms with Crippen molar-refractivity contribution in [3.63, 3.8) is 0 Å². The number of aliphatic hydroxyl groups is 1. The molecule has 1 aliphatic heterocycles. The molecule has 0 saturated carbocycles. The van der Waals surface area contributed by atoms with Crippen molar-refractivity contribution in [2.75, 3.05) is 26.3 Å². The first-order valence-corrected chi connectivity index (χ1v) is 9.10. The summed E-state index contributed by atoms with van der Waals surface area (Å²) < 4.78 is 33.4. The van der Waals surface area contributed by atoms with Gasteiger partial charge < -0.3 is 14.7 Å². The first-order chi connectivity index (χ1) is 13.0. The maximum Gasteiger partial charge on any atom is 0.409 e. The predicted molar refractivity (Wildman–Crippen MR) is 96.8 cm³/mol. The fraction of sp³-hybridized carbons (Fsp3) is 0.381. The average molecular weight is 373 g/mol. The zero-order valence-electron chi connectivity index (χ0n) is 14.8. The monoisotopic (exact) mass is 373 g/mol. The summed E-state index contributed by atoms with van der Waals surface area (Å²) in [6.07, 6.45) is -0.666. The molecule has 1 N–H and O–H groups in total. The van der Waals surface area contributed by atoms with E-state index in [-0.39, 0.29) is 25.5 Å². The van der Waals surface area contributed by atoms with E-state index in [9.17, 15) is 13.6 Å². The van der Waals surface area contributed by atoms with Crippen LogP contribution in [0, 0.1) is 5.92 Å². The lowest BCUT2D eigenvalue weighted by atomic mass is 9.94. The van der Waals surface area contributed by atoms with Gasteiger partial charge >= 0.3 is 6.09 Å². The number of nitrogens with zero attached hydrogens (tertiary/aromatic N) is 1. The van der Waals surface area contributed by atoms with Gasteiger partial charge in [0.05, 0.1) is 13.2 Å². The van der Waals surface area contributed by atoms with Crippen LogP contribution < -0.4 is 0 Å². The minimum Gasteiger partial charge on any atom is -0.448 e. The number of fused-ring (bicyclic) bond motifs is 3. The number of amides is 1. The van der Waals surface area contributed by atoms with Crippen LogP contribution in [0.1, 0.15) is 23.5 Å². The summed E-state index contributed by atoms with van der Waals surface area (Å²) in [5.74, 6) is -4.30. The molecule has 142 valence electrons. The maximum absolute atomic E-state index is 14.0. The minimum absolute atomic E-state index is 0.0632. The van der Waals surface area contributed by atoms with Crippen LogP contribution in [-0.2, 0) is 4.74 Å². The van der Waals surface area contributed by atoms with Crippen molar-refractivity contribution >= 4 is 6.09 Å². The van der Waals surface area contributed by atoms with Gasteiger partial charge in [-0.3, -0.25) is 0 Å². The molecule has 27 heavy (non-hydrogen) atoms. The summed E-state index contributed by atoms with van der Waals surface area (Å²) in [4.78, 5) is 13.4. The molecule has 1 unspecified atom stereocenters. The Kier molecular flexibility index (Phi) is 4.60. The summed E-state index contributed by atoms with van der Waals surface area (Å²) in [5.41, 5.74) is 4.39. The van der Waals surface area contributed by atoms with Crippen molar-refractivity contribution in [2.24, 2.45) is 5.92 Å². The molecule has 1 atom stereocenters. The van der Waals surface area contributed by atoms with Crippen molar-refractivity contribution < 1.29 is 23.4 Å². The lowest BCUT2D eigenvalue weighted by Crippen LogP contribution is -2.51. The van der Waals surface area contributed by atoms with Gasteiger partial charge in [0, 0.05) is 18.4 Å². The summed E-state index contributed by atoms with van der Waals surface area (Å²) in [6, 6.07) is 15.9. The lowest BCUT2D eigenvalue weighted by Gasteiger charge is -2.37. The van der Waals surface area contributed by atoms with Gasteiger partial charge in [-0.1, -0.05) is 48.5 Å². The zero-order chi connectivity index (χ0) is 19.0. The largest absolute Gasteiger partial charge is 0.448 e. The Bertz CT molecular complexity index is 809. The molecule has 4 rings (SSSR count). The van der Waals surface area contributed by atoms with E-state index in [2.05, 4.69) is 0 Å². The third kappa shape index (κ3) is 3.18. The fourth-order valence-electron chi connectivity index (χ4n) is 4.05. The second kappa shape index (κ2) is 6.93. The molecule has 0 radical (unpaired) electrons. The van der Waals surface area contributed by atoms with Crippen LogP contribution in [0.2, 0.25) is 0 Å². The number of ether oxygens (including phenoxy) is 1. The van der Waals surface area contributed by atoms with E-state index in [4.69, 9.17) is 9.84 Å². The molecular weight excluding hydrogens is 352 g/mol. The van der Waals surface area contributed by atoms with Crippen molar-refractivity contribution in [1.29, 1.82) is 0 Å². The molecule has 2 aliphatic rings. The number of rotatable bonds is 3. The van der Waals surface area contributed by atoms with E-state index < -0.39 is 31.1 Å². The average Bonchev–Trinajstić information content (AvgIpc) is 2.99. The van der Waals surface area contributed by atoms with Crippen LogP contribution in [0.4, 0.5) is 13.6 Å². The van der Waals surface area contributed by atoms with Gasteiger partial charge in [-0.2, -0.15) is 0 Å². The summed E-state index contributed by atoms with van der Waals surface area (Å²) in [5, 5.41) is 9.07. The van der Waals surface area contributed by atoms with Crippen LogP contribution in [-0.4, -0.2) is 48.3 Å². The molecular formula is C21H21F2NO3. The predicted octanol–water partition coefficient (Wildman–Crippen LogP) is 3.89. The molecule has 6 heteroatoms. The molecule has 1 fully saturated rings. The van der Waals surface area contributed by atoms with Crippen LogP contribution in [0.25, 0.3) is 11.1 Å². The Labute approximate surface area is 156 Å². The van der Waals surface area contributed by atoms with Gasteiger partial charge in [0.2, 0.25) is 0 Å². The Morgan fingerprint density at radius 3 is 2.26 bits per heavy atom. The fourth-order valence-corrected chi connectivity index (χ4v) is 4.05. The SMILES string of the molecule is O=C(OCC1c2ccccc2-c2ccccc21)N1CCC(CO)C(F)(F)C1. The molecule has 2 aromatic rings. The van der Waals surface area contributed by atoms with Crippen molar-refractivity contribution in [1.82, 2.24) is 4.90 Å². The molecule has 1 heterocycles. The highest BCUT2D eigenvalue weighted by Crippen LogP contribution is 2.44. The number of carbonyl (C=O) groups is 1. The van der Waals surface area contributed by atoms with E-state index in [0.29, 0.717) is 0 Å². The van der Waals surface area contributed by atoms with Crippen LogP contribution in [0.5, 0.6) is 0 Å². The third-order valence-electron chi connectivity index (χ3n) is 5.56. The molecule has 0 spiro atoms. The van der Waals surface area contributed by atoms with E-state index in [0.717, 1.165) is 27.2 Å². The zero-order valence-corrected chi connectivity index (χ0v) is 14.8. The summed E-state index contributed by atoms with van der Waals surface area (Å²) >= 11 is 0.